The standard InChI is InChI=1S/C16H17NO3/c1-2-20-16(19)8-7-14(18)10-12-5-6-13-4-3-9-17-15(13)11-12/h3-6,9,11H,2,7-8,10H2,1H3. The molecule has 0 saturated carbocycles. The number of nitrogens with zero attached hydrogens (tertiary/aromatic N) is 1. The molecule has 0 radical (unpaired) electrons. The average molecular weight is 271 g/mol. The van der Waals surface area contributed by atoms with E-state index in [2.05, 4.69) is 4.98 Å². The lowest BCUT2D eigenvalue weighted by Crippen LogP contribution is -2.09. The van der Waals surface area contributed by atoms with Crippen molar-refractivity contribution in [1.82, 2.24) is 4.98 Å². The molecule has 0 N–H and O–H groups in total. The van der Waals surface area contributed by atoms with Crippen LogP contribution in [0.4, 0.5) is 0 Å². The number of hydrogen-bond donors (Lipinski definition) is 0. The first-order chi connectivity index (χ1) is 9.69. The van der Waals surface area contributed by atoms with Gasteiger partial charge < -0.3 is 4.74 Å². The monoisotopic (exact) mass is 271 g/mol. The van der Waals surface area contributed by atoms with E-state index in [-0.39, 0.29) is 24.6 Å². The van der Waals surface area contributed by atoms with Crippen LogP contribution in [0.5, 0.6) is 0 Å². The van der Waals surface area contributed by atoms with E-state index in [1.807, 2.05) is 30.3 Å². The molecule has 4 heteroatoms. The highest BCUT2D eigenvalue weighted by molar-refractivity contribution is 5.86. The number of pyridine rings is 1. The van der Waals surface area contributed by atoms with Crippen LogP contribution in [-0.2, 0) is 20.7 Å². The number of fused-ring (bicyclic) bond motifs is 1. The number of Topliss-reactive ketones (excluding diaryl/α,β-unsaturated/α-hetero) is 1. The molecule has 0 spiro atoms. The second-order valence-electron chi connectivity index (χ2n) is 4.55. The van der Waals surface area contributed by atoms with Gasteiger partial charge in [-0.15, -0.1) is 0 Å². The Morgan fingerprint density at radius 1 is 1.20 bits per heavy atom. The molecule has 4 nitrogen and oxygen atoms in total. The van der Waals surface area contributed by atoms with Crippen LogP contribution in [-0.4, -0.2) is 23.3 Å². The van der Waals surface area contributed by atoms with Crippen molar-refractivity contribution in [1.29, 1.82) is 0 Å². The molecule has 0 aliphatic heterocycles. The molecule has 0 amide bonds. The number of carbonyl (C=O) groups is 2. The van der Waals surface area contributed by atoms with Gasteiger partial charge in [-0.1, -0.05) is 18.2 Å². The minimum atomic E-state index is -0.318. The molecule has 2 aromatic rings. The van der Waals surface area contributed by atoms with E-state index in [0.717, 1.165) is 16.5 Å². The third kappa shape index (κ3) is 3.88. The molecule has 0 fully saturated rings. The molecule has 0 atom stereocenters. The third-order valence-corrected chi connectivity index (χ3v) is 2.98. The highest BCUT2D eigenvalue weighted by Gasteiger charge is 2.09. The van der Waals surface area contributed by atoms with Crippen molar-refractivity contribution in [3.8, 4) is 0 Å². The predicted octanol–water partition coefficient (Wildman–Crippen LogP) is 2.69. The van der Waals surface area contributed by atoms with Crippen molar-refractivity contribution in [2.75, 3.05) is 6.61 Å². The summed E-state index contributed by atoms with van der Waals surface area (Å²) in [5.41, 5.74) is 1.80. The molecule has 0 unspecified atom stereocenters. The summed E-state index contributed by atoms with van der Waals surface area (Å²) in [6.45, 7) is 2.10. The van der Waals surface area contributed by atoms with Crippen LogP contribution in [0.2, 0.25) is 0 Å². The van der Waals surface area contributed by atoms with Crippen LogP contribution in [0, 0.1) is 0 Å². The molecule has 0 aliphatic rings. The van der Waals surface area contributed by atoms with Crippen LogP contribution in [0.3, 0.4) is 0 Å². The number of carbonyl (C=O) groups excluding carboxylic acids is 2. The van der Waals surface area contributed by atoms with Gasteiger partial charge in [-0.25, -0.2) is 0 Å². The van der Waals surface area contributed by atoms with Crippen LogP contribution in [0.1, 0.15) is 25.3 Å². The molecule has 1 aromatic heterocycles. The maximum atomic E-state index is 11.8. The fraction of sp³-hybridized carbons (Fsp3) is 0.312. The van der Waals surface area contributed by atoms with E-state index in [9.17, 15) is 9.59 Å². The lowest BCUT2D eigenvalue weighted by molar-refractivity contribution is -0.144. The van der Waals surface area contributed by atoms with Crippen LogP contribution < -0.4 is 0 Å². The van der Waals surface area contributed by atoms with E-state index in [1.165, 1.54) is 0 Å². The fourth-order valence-electron chi connectivity index (χ4n) is 2.01. The quantitative estimate of drug-likeness (QED) is 0.758. The summed E-state index contributed by atoms with van der Waals surface area (Å²) in [6.07, 6.45) is 2.43. The molecule has 104 valence electrons. The molecule has 2 rings (SSSR count). The van der Waals surface area contributed by atoms with Crippen molar-refractivity contribution in [2.45, 2.75) is 26.2 Å². The van der Waals surface area contributed by atoms with Gasteiger partial charge in [0, 0.05) is 24.4 Å². The molecular weight excluding hydrogens is 254 g/mol. The van der Waals surface area contributed by atoms with E-state index in [1.54, 1.807) is 13.1 Å². The van der Waals surface area contributed by atoms with Gasteiger partial charge in [0.15, 0.2) is 0 Å². The summed E-state index contributed by atoms with van der Waals surface area (Å²) in [5, 5.41) is 1.05. The smallest absolute Gasteiger partial charge is 0.306 e. The van der Waals surface area contributed by atoms with Crippen LogP contribution in [0.15, 0.2) is 36.5 Å². The van der Waals surface area contributed by atoms with Crippen molar-refractivity contribution in [2.24, 2.45) is 0 Å². The minimum Gasteiger partial charge on any atom is -0.466 e. The van der Waals surface area contributed by atoms with Gasteiger partial charge >= 0.3 is 5.97 Å². The average Bonchev–Trinajstić information content (AvgIpc) is 2.45. The van der Waals surface area contributed by atoms with E-state index in [0.29, 0.717) is 13.0 Å². The SMILES string of the molecule is CCOC(=O)CCC(=O)Cc1ccc2cccnc2c1. The normalized spacial score (nSPS) is 10.4. The first kappa shape index (κ1) is 14.2. The summed E-state index contributed by atoms with van der Waals surface area (Å²) < 4.78 is 4.80. The molecular formula is C16H17NO3. The molecule has 1 aromatic carbocycles. The maximum Gasteiger partial charge on any atom is 0.306 e. The largest absolute Gasteiger partial charge is 0.466 e. The van der Waals surface area contributed by atoms with E-state index >= 15 is 0 Å². The zero-order chi connectivity index (χ0) is 14.4. The molecule has 0 bridgehead atoms. The Balaban J connectivity index is 1.94. The number of aromatic nitrogens is 1. The molecule has 0 aliphatic carbocycles. The van der Waals surface area contributed by atoms with Crippen LogP contribution in [0.25, 0.3) is 10.9 Å². The Bertz CT molecular complexity index is 622. The number of esters is 1. The van der Waals surface area contributed by atoms with Crippen LogP contribution >= 0.6 is 0 Å². The second kappa shape index (κ2) is 6.80. The number of ketones is 1. The van der Waals surface area contributed by atoms with Gasteiger partial charge in [0.1, 0.15) is 5.78 Å². The first-order valence-electron chi connectivity index (χ1n) is 6.70. The lowest BCUT2D eigenvalue weighted by atomic mass is 10.0. The highest BCUT2D eigenvalue weighted by atomic mass is 16.5. The van der Waals surface area contributed by atoms with Gasteiger partial charge in [0.25, 0.3) is 0 Å². The van der Waals surface area contributed by atoms with Crippen molar-refractivity contribution in [3.63, 3.8) is 0 Å². The van der Waals surface area contributed by atoms with Gasteiger partial charge in [-0.05, 0) is 24.6 Å². The number of benzene rings is 1. The molecule has 1 heterocycles. The number of hydrogen-bond acceptors (Lipinski definition) is 4. The minimum absolute atomic E-state index is 0.0355. The Morgan fingerprint density at radius 3 is 2.85 bits per heavy atom. The Kier molecular flexibility index (Phi) is 4.82. The summed E-state index contributed by atoms with van der Waals surface area (Å²) in [6, 6.07) is 9.65. The topological polar surface area (TPSA) is 56.3 Å². The van der Waals surface area contributed by atoms with Gasteiger partial charge in [-0.2, -0.15) is 0 Å². The number of ether oxygens (including phenoxy) is 1. The fourth-order valence-corrected chi connectivity index (χ4v) is 2.01. The van der Waals surface area contributed by atoms with Crippen molar-refractivity contribution < 1.29 is 14.3 Å². The second-order valence-corrected chi connectivity index (χ2v) is 4.55. The number of rotatable bonds is 6. The van der Waals surface area contributed by atoms with Gasteiger partial charge in [0.05, 0.1) is 18.5 Å². The maximum absolute atomic E-state index is 11.8. The summed E-state index contributed by atoms with van der Waals surface area (Å²) >= 11 is 0. The predicted molar refractivity (Wildman–Crippen MR) is 76.3 cm³/mol. The van der Waals surface area contributed by atoms with Crippen molar-refractivity contribution in [3.05, 3.63) is 42.1 Å². The first-order valence-corrected chi connectivity index (χ1v) is 6.70. The highest BCUT2D eigenvalue weighted by Crippen LogP contribution is 2.14. The van der Waals surface area contributed by atoms with Gasteiger partial charge in [-0.3, -0.25) is 14.6 Å². The Labute approximate surface area is 117 Å². The summed E-state index contributed by atoms with van der Waals surface area (Å²) in [5.74, 6) is -0.283. The Morgan fingerprint density at radius 2 is 2.05 bits per heavy atom. The van der Waals surface area contributed by atoms with E-state index in [4.69, 9.17) is 4.74 Å². The lowest BCUT2D eigenvalue weighted by Gasteiger charge is -2.03. The van der Waals surface area contributed by atoms with Gasteiger partial charge in [0.2, 0.25) is 0 Å². The zero-order valence-electron chi connectivity index (χ0n) is 11.5. The summed E-state index contributed by atoms with van der Waals surface area (Å²) in [4.78, 5) is 27.3. The summed E-state index contributed by atoms with van der Waals surface area (Å²) in [7, 11) is 0. The zero-order valence-corrected chi connectivity index (χ0v) is 11.5. The van der Waals surface area contributed by atoms with E-state index < -0.39 is 0 Å². The molecule has 0 saturated heterocycles. The molecule has 20 heavy (non-hydrogen) atoms. The Hall–Kier alpha value is -2.23. The van der Waals surface area contributed by atoms with Crippen molar-refractivity contribution >= 4 is 22.7 Å². The third-order valence-electron chi connectivity index (χ3n) is 2.98.